The average molecular weight is 513 g/mol. The van der Waals surface area contributed by atoms with E-state index in [0.29, 0.717) is 6.42 Å². The molecule has 0 aliphatic carbocycles. The van der Waals surface area contributed by atoms with Gasteiger partial charge in [0, 0.05) is 6.61 Å². The predicted molar refractivity (Wildman–Crippen MR) is 101 cm³/mol. The van der Waals surface area contributed by atoms with Crippen molar-refractivity contribution in [1.29, 1.82) is 0 Å². The smallest absolute Gasteiger partial charge is 0.388 e. The Balaban J connectivity index is 2.39. The minimum absolute atomic E-state index is 0.0713. The summed E-state index contributed by atoms with van der Waals surface area (Å²) in [6.07, 6.45) is -15.8. The zero-order chi connectivity index (χ0) is 24.4. The van der Waals surface area contributed by atoms with Crippen molar-refractivity contribution in [2.24, 2.45) is 0 Å². The summed E-state index contributed by atoms with van der Waals surface area (Å²) < 4.78 is 94.0. The van der Waals surface area contributed by atoms with Gasteiger partial charge in [-0.15, -0.1) is 0 Å². The molecule has 0 unspecified atom stereocenters. The Bertz CT molecular complexity index is 817. The van der Waals surface area contributed by atoms with Crippen LogP contribution >= 0.6 is 0 Å². The maximum atomic E-state index is 11.4. The Morgan fingerprint density at radius 1 is 0.750 bits per heavy atom. The van der Waals surface area contributed by atoms with Gasteiger partial charge in [-0.2, -0.15) is 16.8 Å². The third-order valence-electron chi connectivity index (χ3n) is 4.79. The summed E-state index contributed by atoms with van der Waals surface area (Å²) in [4.78, 5) is 0. The molecular weight excluding hydrogens is 484 g/mol. The first-order chi connectivity index (χ1) is 14.6. The number of hydrogen-bond donors (Lipinski definition) is 5. The standard InChI is InChI=1S/C15H28O15S2/c1-4-5-25-14-13(30-32(22,23)24)11(9(17)7(3)26-14)28-15-12(29-31(19,20)21)10(18)8(16)6(2)27-15/h6-18H,4-5H2,1-3H3,(H,19,20,21)(H,22,23,24)/t6-,7-,8+,9+,10+,11+,12-,13-,14+,15-/m0/s1. The Kier molecular flexibility index (Phi) is 9.36. The molecule has 0 amide bonds. The number of aliphatic hydroxyl groups is 3. The lowest BCUT2D eigenvalue weighted by molar-refractivity contribution is -0.348. The maximum absolute atomic E-state index is 11.4. The van der Waals surface area contributed by atoms with Gasteiger partial charge in [0.2, 0.25) is 0 Å². The summed E-state index contributed by atoms with van der Waals surface area (Å²) in [5.74, 6) is 0. The molecule has 5 N–H and O–H groups in total. The zero-order valence-corrected chi connectivity index (χ0v) is 19.0. The molecule has 2 heterocycles. The first-order valence-corrected chi connectivity index (χ1v) is 12.3. The van der Waals surface area contributed by atoms with Crippen molar-refractivity contribution >= 4 is 20.8 Å². The topological polar surface area (TPSA) is 225 Å². The first-order valence-electron chi connectivity index (χ1n) is 9.58. The Hall–Kier alpha value is -0.540. The van der Waals surface area contributed by atoms with E-state index < -0.39 is 82.2 Å². The molecular formula is C15H28O15S2. The van der Waals surface area contributed by atoms with E-state index in [0.717, 1.165) is 0 Å². The molecule has 2 aliphatic rings. The van der Waals surface area contributed by atoms with Crippen LogP contribution in [0.15, 0.2) is 0 Å². The molecule has 190 valence electrons. The number of rotatable bonds is 9. The minimum atomic E-state index is -5.17. The quantitative estimate of drug-likeness (QED) is 0.206. The van der Waals surface area contributed by atoms with E-state index in [4.69, 9.17) is 23.5 Å². The van der Waals surface area contributed by atoms with Gasteiger partial charge in [0.15, 0.2) is 24.8 Å². The van der Waals surface area contributed by atoms with Gasteiger partial charge in [-0.05, 0) is 20.3 Å². The third kappa shape index (κ3) is 7.23. The zero-order valence-electron chi connectivity index (χ0n) is 17.3. The van der Waals surface area contributed by atoms with Crippen LogP contribution in [0, 0.1) is 0 Å². The monoisotopic (exact) mass is 512 g/mol. The fraction of sp³-hybridized carbons (Fsp3) is 1.00. The van der Waals surface area contributed by atoms with Crippen LogP contribution in [-0.4, -0.2) is 109 Å². The second kappa shape index (κ2) is 10.8. The van der Waals surface area contributed by atoms with Crippen molar-refractivity contribution in [3.8, 4) is 0 Å². The number of aliphatic hydroxyl groups excluding tert-OH is 3. The molecule has 0 radical (unpaired) electrons. The summed E-state index contributed by atoms with van der Waals surface area (Å²) in [5, 5.41) is 30.7. The molecule has 15 nitrogen and oxygen atoms in total. The molecule has 0 spiro atoms. The number of hydrogen-bond acceptors (Lipinski definition) is 13. The van der Waals surface area contributed by atoms with Crippen molar-refractivity contribution in [3.63, 3.8) is 0 Å². The van der Waals surface area contributed by atoms with Crippen molar-refractivity contribution in [2.75, 3.05) is 6.61 Å². The molecule has 0 bridgehead atoms. The summed E-state index contributed by atoms with van der Waals surface area (Å²) in [6.45, 7) is 4.51. The molecule has 32 heavy (non-hydrogen) atoms. The van der Waals surface area contributed by atoms with Crippen LogP contribution in [-0.2, 0) is 48.1 Å². The molecule has 2 fully saturated rings. The van der Waals surface area contributed by atoms with Gasteiger partial charge in [-0.25, -0.2) is 8.37 Å². The molecule has 0 aromatic heterocycles. The molecule has 0 saturated carbocycles. The van der Waals surface area contributed by atoms with E-state index in [9.17, 15) is 36.7 Å². The lowest BCUT2D eigenvalue weighted by Crippen LogP contribution is -2.64. The van der Waals surface area contributed by atoms with Crippen molar-refractivity contribution in [2.45, 2.75) is 88.6 Å². The van der Waals surface area contributed by atoms with Crippen LogP contribution in [0.2, 0.25) is 0 Å². The first kappa shape index (κ1) is 27.7. The molecule has 2 saturated heterocycles. The predicted octanol–water partition coefficient (Wildman–Crippen LogP) is -2.25. The highest BCUT2D eigenvalue weighted by atomic mass is 32.3. The molecule has 0 aromatic carbocycles. The van der Waals surface area contributed by atoms with Crippen LogP contribution in [0.1, 0.15) is 27.2 Å². The van der Waals surface area contributed by atoms with E-state index in [2.05, 4.69) is 8.37 Å². The summed E-state index contributed by atoms with van der Waals surface area (Å²) in [6, 6.07) is 0. The summed E-state index contributed by atoms with van der Waals surface area (Å²) >= 11 is 0. The van der Waals surface area contributed by atoms with Gasteiger partial charge in [0.25, 0.3) is 0 Å². The van der Waals surface area contributed by atoms with Gasteiger partial charge in [0.1, 0.15) is 24.4 Å². The largest absolute Gasteiger partial charge is 0.397 e. The van der Waals surface area contributed by atoms with Gasteiger partial charge in [0.05, 0.1) is 12.2 Å². The molecule has 10 atom stereocenters. The molecule has 2 aliphatic heterocycles. The van der Waals surface area contributed by atoms with Crippen molar-refractivity contribution < 1.29 is 68.6 Å². The average Bonchev–Trinajstić information content (AvgIpc) is 2.65. The fourth-order valence-corrected chi connectivity index (χ4v) is 4.23. The highest BCUT2D eigenvalue weighted by molar-refractivity contribution is 7.81. The van der Waals surface area contributed by atoms with Crippen molar-refractivity contribution in [3.05, 3.63) is 0 Å². The normalized spacial score (nSPS) is 41.5. The molecule has 0 aromatic rings. The van der Waals surface area contributed by atoms with Gasteiger partial charge >= 0.3 is 20.8 Å². The van der Waals surface area contributed by atoms with Crippen LogP contribution < -0.4 is 0 Å². The lowest BCUT2D eigenvalue weighted by atomic mass is 9.97. The van der Waals surface area contributed by atoms with E-state index in [1.54, 1.807) is 6.92 Å². The Morgan fingerprint density at radius 3 is 1.78 bits per heavy atom. The SMILES string of the molecule is CCCO[C@@H]1O[C@@H](C)[C@@H](O)[C@@H](O[C@@H]2O[C@@H](C)[C@@H](O)[C@@H](O)[C@@H]2OS(=O)(=O)O)[C@@H]1OS(=O)(=O)O. The summed E-state index contributed by atoms with van der Waals surface area (Å²) in [5.41, 5.74) is 0. The van der Waals surface area contributed by atoms with E-state index >= 15 is 0 Å². The second-order valence-corrected chi connectivity index (χ2v) is 9.44. The molecule has 17 heteroatoms. The molecule has 2 rings (SSSR count). The highest BCUT2D eigenvalue weighted by Gasteiger charge is 2.53. The van der Waals surface area contributed by atoms with Gasteiger partial charge in [-0.3, -0.25) is 9.11 Å². The van der Waals surface area contributed by atoms with Crippen LogP contribution in [0.3, 0.4) is 0 Å². The van der Waals surface area contributed by atoms with Gasteiger partial charge < -0.3 is 34.3 Å². The van der Waals surface area contributed by atoms with Crippen molar-refractivity contribution in [1.82, 2.24) is 0 Å². The lowest BCUT2D eigenvalue weighted by Gasteiger charge is -2.46. The van der Waals surface area contributed by atoms with Crippen LogP contribution in [0.5, 0.6) is 0 Å². The van der Waals surface area contributed by atoms with E-state index in [1.807, 2.05) is 0 Å². The Labute approximate surface area is 185 Å². The van der Waals surface area contributed by atoms with E-state index in [-0.39, 0.29) is 6.61 Å². The Morgan fingerprint density at radius 2 is 1.25 bits per heavy atom. The van der Waals surface area contributed by atoms with Crippen LogP contribution in [0.4, 0.5) is 0 Å². The second-order valence-electron chi connectivity index (χ2n) is 7.34. The summed E-state index contributed by atoms with van der Waals surface area (Å²) in [7, 11) is -10.3. The van der Waals surface area contributed by atoms with E-state index in [1.165, 1.54) is 13.8 Å². The van der Waals surface area contributed by atoms with Crippen LogP contribution in [0.25, 0.3) is 0 Å². The highest BCUT2D eigenvalue weighted by Crippen LogP contribution is 2.32. The fourth-order valence-electron chi connectivity index (χ4n) is 3.26. The maximum Gasteiger partial charge on any atom is 0.397 e. The third-order valence-corrected chi connectivity index (χ3v) is 5.72. The van der Waals surface area contributed by atoms with Gasteiger partial charge in [-0.1, -0.05) is 6.92 Å². The minimum Gasteiger partial charge on any atom is -0.388 e. The number of ether oxygens (including phenoxy) is 4.